The Bertz CT molecular complexity index is 94.4. The number of aliphatic imine (C=N–C) groups is 1. The molecule has 0 N–H and O–H groups in total. The summed E-state index contributed by atoms with van der Waals surface area (Å²) in [7, 11) is 1.64. The van der Waals surface area contributed by atoms with Gasteiger partial charge in [-0.2, -0.15) is 0 Å². The molecule has 2 atom stereocenters. The number of epoxide rings is 1. The van der Waals surface area contributed by atoms with Gasteiger partial charge in [0.1, 0.15) is 6.10 Å². The Morgan fingerprint density at radius 2 is 2.62 bits per heavy atom. The van der Waals surface area contributed by atoms with Gasteiger partial charge < -0.3 is 9.47 Å². The fraction of sp³-hybridized carbons (Fsp3) is 0.800. The van der Waals surface area contributed by atoms with Gasteiger partial charge in [-0.15, -0.1) is 0 Å². The van der Waals surface area contributed by atoms with Crippen molar-refractivity contribution in [3.8, 4) is 0 Å². The maximum atomic E-state index is 4.95. The van der Waals surface area contributed by atoms with E-state index in [1.807, 2.05) is 0 Å². The number of nitrogens with zero attached hydrogens (tertiary/aromatic N) is 1. The van der Waals surface area contributed by atoms with Crippen molar-refractivity contribution in [3.05, 3.63) is 0 Å². The van der Waals surface area contributed by atoms with Gasteiger partial charge in [0.2, 0.25) is 0 Å². The second-order valence-electron chi connectivity index (χ2n) is 1.70. The second kappa shape index (κ2) is 2.24. The summed E-state index contributed by atoms with van der Waals surface area (Å²) < 4.78 is 9.74. The van der Waals surface area contributed by atoms with Crippen molar-refractivity contribution in [1.82, 2.24) is 0 Å². The molecule has 8 heavy (non-hydrogen) atoms. The van der Waals surface area contributed by atoms with Crippen LogP contribution in [0, 0.1) is 0 Å². The summed E-state index contributed by atoms with van der Waals surface area (Å²) in [4.78, 5) is 3.65. The Hall–Kier alpha value is -0.410. The molecule has 0 aromatic carbocycles. The minimum Gasteiger partial charge on any atom is -0.382 e. The van der Waals surface area contributed by atoms with Crippen LogP contribution in [0.2, 0.25) is 0 Å². The summed E-state index contributed by atoms with van der Waals surface area (Å²) in [6.45, 7) is 3.95. The summed E-state index contributed by atoms with van der Waals surface area (Å²) in [5.41, 5.74) is 0. The first-order valence-corrected chi connectivity index (χ1v) is 2.48. The van der Waals surface area contributed by atoms with Gasteiger partial charge in [0.15, 0.2) is 6.23 Å². The molecule has 0 aromatic heterocycles. The Balaban J connectivity index is 2.07. The quantitative estimate of drug-likeness (QED) is 0.385. The smallest absolute Gasteiger partial charge is 0.176 e. The molecule has 0 aliphatic carbocycles. The van der Waals surface area contributed by atoms with E-state index in [0.717, 1.165) is 0 Å². The van der Waals surface area contributed by atoms with Gasteiger partial charge in [0.25, 0.3) is 0 Å². The number of ether oxygens (including phenoxy) is 2. The van der Waals surface area contributed by atoms with Crippen LogP contribution in [0.1, 0.15) is 0 Å². The van der Waals surface area contributed by atoms with Crippen LogP contribution in [0.15, 0.2) is 4.99 Å². The van der Waals surface area contributed by atoms with Crippen molar-refractivity contribution in [2.75, 3.05) is 13.7 Å². The number of hydrogen-bond acceptors (Lipinski definition) is 3. The average Bonchev–Trinajstić information content (AvgIpc) is 2.48. The summed E-state index contributed by atoms with van der Waals surface area (Å²) in [6, 6.07) is 0. The first-order chi connectivity index (χ1) is 3.88. The Labute approximate surface area is 48.3 Å². The third-order valence-corrected chi connectivity index (χ3v) is 1.07. The standard InChI is InChI=1S/C5H9NO2/c1-6-5-4(8-5)3-7-2/h4-5H,1,3H2,2H3. The first kappa shape index (κ1) is 5.72. The van der Waals surface area contributed by atoms with Gasteiger partial charge in [0.05, 0.1) is 6.61 Å². The highest BCUT2D eigenvalue weighted by Gasteiger charge is 2.37. The lowest BCUT2D eigenvalue weighted by Crippen LogP contribution is -1.99. The zero-order chi connectivity index (χ0) is 5.98. The van der Waals surface area contributed by atoms with Crippen LogP contribution in [0.5, 0.6) is 0 Å². The zero-order valence-electron chi connectivity index (χ0n) is 4.83. The second-order valence-corrected chi connectivity index (χ2v) is 1.70. The van der Waals surface area contributed by atoms with Gasteiger partial charge in [-0.1, -0.05) is 0 Å². The van der Waals surface area contributed by atoms with Crippen LogP contribution in [-0.4, -0.2) is 32.8 Å². The van der Waals surface area contributed by atoms with Crippen LogP contribution in [0.3, 0.4) is 0 Å². The third-order valence-electron chi connectivity index (χ3n) is 1.07. The van der Waals surface area contributed by atoms with E-state index >= 15 is 0 Å². The molecular formula is C5H9NO2. The van der Waals surface area contributed by atoms with Crippen molar-refractivity contribution in [2.45, 2.75) is 12.3 Å². The fourth-order valence-corrected chi connectivity index (χ4v) is 0.580. The number of hydrogen-bond donors (Lipinski definition) is 0. The molecule has 0 spiro atoms. The lowest BCUT2D eigenvalue weighted by molar-refractivity contribution is 0.171. The lowest BCUT2D eigenvalue weighted by Gasteiger charge is -1.86. The zero-order valence-corrected chi connectivity index (χ0v) is 4.83. The van der Waals surface area contributed by atoms with Crippen molar-refractivity contribution < 1.29 is 9.47 Å². The van der Waals surface area contributed by atoms with E-state index in [9.17, 15) is 0 Å². The average molecular weight is 115 g/mol. The van der Waals surface area contributed by atoms with E-state index in [1.54, 1.807) is 7.11 Å². The maximum absolute atomic E-state index is 4.95. The SMILES string of the molecule is C=NC1OC1COC. The minimum absolute atomic E-state index is 0.00921. The molecule has 1 saturated heterocycles. The van der Waals surface area contributed by atoms with Gasteiger partial charge in [-0.3, -0.25) is 4.99 Å². The largest absolute Gasteiger partial charge is 0.382 e. The molecule has 0 saturated carbocycles. The van der Waals surface area contributed by atoms with Crippen LogP contribution in [0.4, 0.5) is 0 Å². The molecule has 3 nitrogen and oxygen atoms in total. The molecule has 2 unspecified atom stereocenters. The van der Waals surface area contributed by atoms with E-state index in [-0.39, 0.29) is 12.3 Å². The maximum Gasteiger partial charge on any atom is 0.176 e. The minimum atomic E-state index is 0.00921. The lowest BCUT2D eigenvalue weighted by atomic mass is 10.5. The predicted molar refractivity (Wildman–Crippen MR) is 30.1 cm³/mol. The highest BCUT2D eigenvalue weighted by molar-refractivity contribution is 5.24. The topological polar surface area (TPSA) is 34.1 Å². The monoisotopic (exact) mass is 115 g/mol. The molecule has 1 aliphatic heterocycles. The van der Waals surface area contributed by atoms with Gasteiger partial charge in [0, 0.05) is 7.11 Å². The van der Waals surface area contributed by atoms with E-state index < -0.39 is 0 Å². The van der Waals surface area contributed by atoms with E-state index in [1.165, 1.54) is 0 Å². The predicted octanol–water partition coefficient (Wildman–Crippen LogP) is 0.0583. The van der Waals surface area contributed by atoms with Crippen molar-refractivity contribution in [3.63, 3.8) is 0 Å². The molecule has 0 amide bonds. The van der Waals surface area contributed by atoms with E-state index in [4.69, 9.17) is 9.47 Å². The molecule has 1 aliphatic rings. The van der Waals surface area contributed by atoms with Crippen molar-refractivity contribution in [1.29, 1.82) is 0 Å². The number of methoxy groups -OCH3 is 1. The molecule has 0 radical (unpaired) electrons. The molecule has 0 bridgehead atoms. The molecule has 0 aromatic rings. The van der Waals surface area contributed by atoms with Gasteiger partial charge in [-0.05, 0) is 6.72 Å². The normalized spacial score (nSPS) is 34.6. The van der Waals surface area contributed by atoms with Crippen molar-refractivity contribution >= 4 is 6.72 Å². The van der Waals surface area contributed by atoms with Crippen LogP contribution in [0.25, 0.3) is 0 Å². The van der Waals surface area contributed by atoms with Crippen LogP contribution in [-0.2, 0) is 9.47 Å². The summed E-state index contributed by atoms with van der Waals surface area (Å²) in [5, 5.41) is 0. The van der Waals surface area contributed by atoms with Gasteiger partial charge >= 0.3 is 0 Å². The number of rotatable bonds is 3. The summed E-state index contributed by atoms with van der Waals surface area (Å²) >= 11 is 0. The Morgan fingerprint density at radius 1 is 1.88 bits per heavy atom. The fourth-order valence-electron chi connectivity index (χ4n) is 0.580. The Morgan fingerprint density at radius 3 is 3.00 bits per heavy atom. The molecule has 1 heterocycles. The third kappa shape index (κ3) is 1.05. The molecular weight excluding hydrogens is 106 g/mol. The van der Waals surface area contributed by atoms with E-state index in [0.29, 0.717) is 6.61 Å². The highest BCUT2D eigenvalue weighted by atomic mass is 16.6. The van der Waals surface area contributed by atoms with Gasteiger partial charge in [-0.25, -0.2) is 0 Å². The summed E-state index contributed by atoms with van der Waals surface area (Å²) in [5.74, 6) is 0. The highest BCUT2D eigenvalue weighted by Crippen LogP contribution is 2.21. The molecule has 1 rings (SSSR count). The molecule has 3 heteroatoms. The van der Waals surface area contributed by atoms with Crippen LogP contribution < -0.4 is 0 Å². The molecule has 1 fully saturated rings. The first-order valence-electron chi connectivity index (χ1n) is 2.48. The summed E-state index contributed by atoms with van der Waals surface area (Å²) in [6.07, 6.45) is 0.187. The Kier molecular flexibility index (Phi) is 1.60. The molecule has 46 valence electrons. The van der Waals surface area contributed by atoms with Crippen molar-refractivity contribution in [2.24, 2.45) is 4.99 Å². The van der Waals surface area contributed by atoms with E-state index in [2.05, 4.69) is 11.7 Å². The van der Waals surface area contributed by atoms with Crippen LogP contribution >= 0.6 is 0 Å².